The van der Waals surface area contributed by atoms with Gasteiger partial charge in [0.25, 0.3) is 0 Å². The van der Waals surface area contributed by atoms with E-state index >= 15 is 0 Å². The lowest BCUT2D eigenvalue weighted by atomic mass is 10.1. The normalized spacial score (nSPS) is 11.0. The fourth-order valence-electron chi connectivity index (χ4n) is 2.91. The Morgan fingerprint density at radius 3 is 2.88 bits per heavy atom. The molecular formula is C19H16FN5O. The molecule has 0 radical (unpaired) electrons. The van der Waals surface area contributed by atoms with Gasteiger partial charge in [0, 0.05) is 36.9 Å². The zero-order valence-corrected chi connectivity index (χ0v) is 14.0. The van der Waals surface area contributed by atoms with E-state index in [1.165, 1.54) is 12.1 Å². The number of aromatic nitrogens is 4. The van der Waals surface area contributed by atoms with E-state index in [0.717, 1.165) is 17.0 Å². The first-order valence-electron chi connectivity index (χ1n) is 8.09. The lowest BCUT2D eigenvalue weighted by molar-refractivity contribution is 0.432. The molecule has 0 saturated heterocycles. The average molecular weight is 349 g/mol. The number of hydrogen-bond donors (Lipinski definition) is 2. The van der Waals surface area contributed by atoms with E-state index in [2.05, 4.69) is 20.3 Å². The van der Waals surface area contributed by atoms with Crippen molar-refractivity contribution in [3.8, 4) is 17.0 Å². The van der Waals surface area contributed by atoms with Crippen LogP contribution in [0.15, 0.2) is 55.1 Å². The second-order valence-corrected chi connectivity index (χ2v) is 5.90. The molecular weight excluding hydrogens is 333 g/mol. The van der Waals surface area contributed by atoms with Crippen LogP contribution in [-0.4, -0.2) is 24.5 Å². The summed E-state index contributed by atoms with van der Waals surface area (Å²) in [6.45, 7) is 2.42. The van der Waals surface area contributed by atoms with Gasteiger partial charge in [0.1, 0.15) is 0 Å². The molecule has 4 rings (SSSR count). The number of phenolic OH excluding ortho intramolecular Hbond substituents is 1. The number of halogens is 1. The Kier molecular flexibility index (Phi) is 3.96. The molecule has 3 heterocycles. The molecule has 130 valence electrons. The van der Waals surface area contributed by atoms with Crippen molar-refractivity contribution in [2.75, 3.05) is 5.32 Å². The van der Waals surface area contributed by atoms with Gasteiger partial charge in [-0.2, -0.15) is 0 Å². The largest absolute Gasteiger partial charge is 0.505 e. The Bertz CT molecular complexity index is 1080. The van der Waals surface area contributed by atoms with Crippen molar-refractivity contribution in [3.63, 3.8) is 0 Å². The van der Waals surface area contributed by atoms with Gasteiger partial charge in [-0.05, 0) is 36.8 Å². The highest BCUT2D eigenvalue weighted by atomic mass is 19.1. The maximum absolute atomic E-state index is 13.8. The number of pyridine rings is 1. The van der Waals surface area contributed by atoms with Crippen LogP contribution in [0.2, 0.25) is 0 Å². The van der Waals surface area contributed by atoms with Gasteiger partial charge in [0.05, 0.1) is 11.4 Å². The lowest BCUT2D eigenvalue weighted by Gasteiger charge is -2.08. The molecule has 0 unspecified atom stereocenters. The van der Waals surface area contributed by atoms with E-state index in [1.807, 2.05) is 23.5 Å². The molecule has 26 heavy (non-hydrogen) atoms. The summed E-state index contributed by atoms with van der Waals surface area (Å²) in [6.07, 6.45) is 6.96. The first-order chi connectivity index (χ1) is 12.6. The predicted molar refractivity (Wildman–Crippen MR) is 96.3 cm³/mol. The summed E-state index contributed by atoms with van der Waals surface area (Å²) < 4.78 is 15.6. The van der Waals surface area contributed by atoms with Crippen molar-refractivity contribution in [1.82, 2.24) is 19.4 Å². The molecule has 0 aliphatic carbocycles. The lowest BCUT2D eigenvalue weighted by Crippen LogP contribution is -2.04. The van der Waals surface area contributed by atoms with Crippen LogP contribution in [0, 0.1) is 12.7 Å². The van der Waals surface area contributed by atoms with Gasteiger partial charge in [-0.15, -0.1) is 0 Å². The summed E-state index contributed by atoms with van der Waals surface area (Å²) in [7, 11) is 0. The second kappa shape index (κ2) is 6.44. The molecule has 2 N–H and O–H groups in total. The maximum atomic E-state index is 13.8. The maximum Gasteiger partial charge on any atom is 0.180 e. The summed E-state index contributed by atoms with van der Waals surface area (Å²) >= 11 is 0. The highest BCUT2D eigenvalue weighted by Gasteiger charge is 2.15. The Hall–Kier alpha value is -3.48. The van der Waals surface area contributed by atoms with Crippen LogP contribution in [0.1, 0.15) is 11.3 Å². The molecule has 1 aromatic carbocycles. The molecule has 0 aliphatic rings. The summed E-state index contributed by atoms with van der Waals surface area (Å²) in [6, 6.07) is 8.16. The number of aryl methyl sites for hydroxylation is 1. The monoisotopic (exact) mass is 349 g/mol. The predicted octanol–water partition coefficient (Wildman–Crippen LogP) is 3.56. The van der Waals surface area contributed by atoms with Gasteiger partial charge in [-0.25, -0.2) is 14.4 Å². The third kappa shape index (κ3) is 2.83. The molecule has 0 amide bonds. The number of phenols is 1. The Morgan fingerprint density at radius 1 is 1.23 bits per heavy atom. The van der Waals surface area contributed by atoms with Gasteiger partial charge >= 0.3 is 0 Å². The number of benzene rings is 1. The van der Waals surface area contributed by atoms with Crippen LogP contribution in [0.4, 0.5) is 10.2 Å². The first-order valence-corrected chi connectivity index (χ1v) is 8.09. The fraction of sp³-hybridized carbons (Fsp3) is 0.105. The molecule has 0 spiro atoms. The third-order valence-electron chi connectivity index (χ3n) is 4.12. The minimum Gasteiger partial charge on any atom is -0.505 e. The van der Waals surface area contributed by atoms with E-state index in [4.69, 9.17) is 0 Å². The molecule has 3 aromatic heterocycles. The highest BCUT2D eigenvalue weighted by Crippen LogP contribution is 2.29. The SMILES string of the molecule is Cc1nc2c(NCc3cccnc3)nccn2c1-c1ccc(O)c(F)c1. The second-order valence-electron chi connectivity index (χ2n) is 5.90. The Balaban J connectivity index is 1.75. The Labute approximate surface area is 149 Å². The Morgan fingerprint density at radius 2 is 2.12 bits per heavy atom. The summed E-state index contributed by atoms with van der Waals surface area (Å²) in [5.41, 5.74) is 3.81. The molecule has 6 nitrogen and oxygen atoms in total. The number of rotatable bonds is 4. The molecule has 0 saturated carbocycles. The fourth-order valence-corrected chi connectivity index (χ4v) is 2.91. The smallest absolute Gasteiger partial charge is 0.180 e. The number of anilines is 1. The number of aromatic hydroxyl groups is 1. The average Bonchev–Trinajstić information content (AvgIpc) is 2.99. The van der Waals surface area contributed by atoms with Gasteiger partial charge in [0.15, 0.2) is 23.0 Å². The van der Waals surface area contributed by atoms with Crippen LogP contribution in [-0.2, 0) is 6.54 Å². The molecule has 0 bridgehead atoms. The van der Waals surface area contributed by atoms with Crippen molar-refractivity contribution in [3.05, 3.63) is 72.2 Å². The summed E-state index contributed by atoms with van der Waals surface area (Å²) in [5.74, 6) is -0.411. The number of fused-ring (bicyclic) bond motifs is 1. The van der Waals surface area contributed by atoms with Gasteiger partial charge in [0.2, 0.25) is 0 Å². The molecule has 4 aromatic rings. The van der Waals surface area contributed by atoms with Gasteiger partial charge < -0.3 is 10.4 Å². The van der Waals surface area contributed by atoms with E-state index < -0.39 is 5.82 Å². The van der Waals surface area contributed by atoms with Crippen molar-refractivity contribution in [2.24, 2.45) is 0 Å². The van der Waals surface area contributed by atoms with Crippen LogP contribution < -0.4 is 5.32 Å². The van der Waals surface area contributed by atoms with E-state index in [-0.39, 0.29) is 5.75 Å². The number of imidazole rings is 1. The molecule has 0 fully saturated rings. The minimum absolute atomic E-state index is 0.374. The quantitative estimate of drug-likeness (QED) is 0.589. The van der Waals surface area contributed by atoms with E-state index in [0.29, 0.717) is 23.6 Å². The van der Waals surface area contributed by atoms with E-state index in [1.54, 1.807) is 30.9 Å². The van der Waals surface area contributed by atoms with Crippen molar-refractivity contribution in [1.29, 1.82) is 0 Å². The van der Waals surface area contributed by atoms with Crippen molar-refractivity contribution in [2.45, 2.75) is 13.5 Å². The van der Waals surface area contributed by atoms with Crippen molar-refractivity contribution < 1.29 is 9.50 Å². The first kappa shape index (κ1) is 16.0. The van der Waals surface area contributed by atoms with Crippen LogP contribution >= 0.6 is 0 Å². The number of nitrogens with one attached hydrogen (secondary N) is 1. The minimum atomic E-state index is -0.666. The zero-order chi connectivity index (χ0) is 18.1. The summed E-state index contributed by atoms with van der Waals surface area (Å²) in [4.78, 5) is 13.1. The zero-order valence-electron chi connectivity index (χ0n) is 14.0. The topological polar surface area (TPSA) is 75.3 Å². The molecule has 0 aliphatic heterocycles. The van der Waals surface area contributed by atoms with Gasteiger partial charge in [-0.3, -0.25) is 9.38 Å². The highest BCUT2D eigenvalue weighted by molar-refractivity contribution is 5.73. The van der Waals surface area contributed by atoms with Crippen LogP contribution in [0.25, 0.3) is 16.9 Å². The number of hydrogen-bond acceptors (Lipinski definition) is 5. The summed E-state index contributed by atoms with van der Waals surface area (Å²) in [5, 5.41) is 12.7. The van der Waals surface area contributed by atoms with Crippen molar-refractivity contribution >= 4 is 11.5 Å². The standard InChI is InChI=1S/C19H16FN5O/c1-12-17(14-4-5-16(26)15(20)9-14)25-8-7-22-18(19(25)24-12)23-11-13-3-2-6-21-10-13/h2-10,26H,11H2,1H3,(H,22,23). The van der Waals surface area contributed by atoms with Crippen LogP contribution in [0.3, 0.4) is 0 Å². The van der Waals surface area contributed by atoms with Crippen LogP contribution in [0.5, 0.6) is 5.75 Å². The van der Waals surface area contributed by atoms with Gasteiger partial charge in [-0.1, -0.05) is 6.07 Å². The molecule has 0 atom stereocenters. The number of nitrogens with zero attached hydrogens (tertiary/aromatic N) is 4. The molecule has 7 heteroatoms. The van der Waals surface area contributed by atoms with E-state index in [9.17, 15) is 9.50 Å². The third-order valence-corrected chi connectivity index (χ3v) is 4.12.